The summed E-state index contributed by atoms with van der Waals surface area (Å²) in [5.74, 6) is 0.150. The summed E-state index contributed by atoms with van der Waals surface area (Å²) in [5, 5.41) is 5.50. The van der Waals surface area contributed by atoms with Crippen molar-refractivity contribution < 1.29 is 4.79 Å². The van der Waals surface area contributed by atoms with Gasteiger partial charge in [0.1, 0.15) is 0 Å². The number of carbonyl (C=O) groups excluding carboxylic acids is 1. The lowest BCUT2D eigenvalue weighted by atomic mass is 10.2. The summed E-state index contributed by atoms with van der Waals surface area (Å²) in [6.07, 6.45) is 2.40. The molecule has 1 unspecified atom stereocenters. The molecule has 1 N–H and O–H groups in total. The summed E-state index contributed by atoms with van der Waals surface area (Å²) in [7, 11) is 1.90. The van der Waals surface area contributed by atoms with E-state index < -0.39 is 0 Å². The molecule has 96 valence electrons. The molecule has 3 nitrogen and oxygen atoms in total. The van der Waals surface area contributed by atoms with Gasteiger partial charge in [0, 0.05) is 29.0 Å². The molecule has 0 bridgehead atoms. The first-order valence-corrected chi connectivity index (χ1v) is 7.89. The predicted octanol–water partition coefficient (Wildman–Crippen LogP) is 2.79. The smallest absolute Gasteiger partial charge is 0.263 e. The molecule has 0 spiro atoms. The molecule has 0 saturated carbocycles. The number of hydrogen-bond donors (Lipinski definition) is 1. The van der Waals surface area contributed by atoms with Crippen LogP contribution in [0.5, 0.6) is 0 Å². The molecule has 1 fully saturated rings. The van der Waals surface area contributed by atoms with Gasteiger partial charge in [-0.05, 0) is 36.9 Å². The molecular weight excluding hydrogens is 264 g/mol. The van der Waals surface area contributed by atoms with Crippen LogP contribution in [0.1, 0.15) is 22.5 Å². The lowest BCUT2D eigenvalue weighted by Gasteiger charge is -2.20. The van der Waals surface area contributed by atoms with E-state index in [4.69, 9.17) is 0 Å². The Kier molecular flexibility index (Phi) is 3.37. The van der Waals surface area contributed by atoms with Gasteiger partial charge in [-0.15, -0.1) is 22.7 Å². The van der Waals surface area contributed by atoms with Gasteiger partial charge in [-0.3, -0.25) is 4.79 Å². The number of nitrogens with zero attached hydrogens (tertiary/aromatic N) is 1. The Bertz CT molecular complexity index is 526. The van der Waals surface area contributed by atoms with Crippen LogP contribution in [-0.2, 0) is 0 Å². The minimum absolute atomic E-state index is 0.150. The maximum atomic E-state index is 12.3. The van der Waals surface area contributed by atoms with Crippen LogP contribution in [0, 0.1) is 0 Å². The molecule has 1 saturated heterocycles. The van der Waals surface area contributed by atoms with E-state index in [1.54, 1.807) is 22.7 Å². The van der Waals surface area contributed by atoms with E-state index in [-0.39, 0.29) is 5.91 Å². The Hall–Kier alpha value is -0.910. The van der Waals surface area contributed by atoms with E-state index in [0.29, 0.717) is 6.04 Å². The summed E-state index contributed by atoms with van der Waals surface area (Å²) >= 11 is 3.29. The number of carbonyl (C=O) groups is 1. The Morgan fingerprint density at radius 3 is 3.17 bits per heavy atom. The zero-order chi connectivity index (χ0) is 12.5. The quantitative estimate of drug-likeness (QED) is 0.937. The third-order valence-electron chi connectivity index (χ3n) is 3.35. The van der Waals surface area contributed by atoms with Crippen LogP contribution in [0.3, 0.4) is 0 Å². The zero-order valence-electron chi connectivity index (χ0n) is 10.3. The van der Waals surface area contributed by atoms with Crippen molar-refractivity contribution in [2.24, 2.45) is 0 Å². The second-order valence-corrected chi connectivity index (χ2v) is 6.77. The largest absolute Gasteiger partial charge is 0.339 e. The van der Waals surface area contributed by atoms with Gasteiger partial charge in [0.15, 0.2) is 0 Å². The van der Waals surface area contributed by atoms with E-state index in [9.17, 15) is 4.79 Å². The van der Waals surface area contributed by atoms with E-state index in [0.717, 1.165) is 18.0 Å². The highest BCUT2D eigenvalue weighted by molar-refractivity contribution is 7.27. The third-order valence-corrected chi connectivity index (χ3v) is 5.43. The Morgan fingerprint density at radius 2 is 2.44 bits per heavy atom. The zero-order valence-corrected chi connectivity index (χ0v) is 11.9. The summed E-state index contributed by atoms with van der Waals surface area (Å²) in [5.41, 5.74) is 0. The summed E-state index contributed by atoms with van der Waals surface area (Å²) < 4.78 is 2.44. The molecule has 1 aliphatic rings. The van der Waals surface area contributed by atoms with Crippen LogP contribution in [0.25, 0.3) is 9.40 Å². The molecule has 2 aromatic heterocycles. The van der Waals surface area contributed by atoms with Gasteiger partial charge in [0.05, 0.1) is 4.88 Å². The van der Waals surface area contributed by atoms with Crippen molar-refractivity contribution in [2.75, 3.05) is 20.1 Å². The molecule has 1 aliphatic heterocycles. The van der Waals surface area contributed by atoms with Crippen LogP contribution in [0.4, 0.5) is 0 Å². The monoisotopic (exact) mass is 280 g/mol. The number of rotatable bonds is 3. The van der Waals surface area contributed by atoms with E-state index in [1.807, 2.05) is 18.0 Å². The Morgan fingerprint density at radius 1 is 1.56 bits per heavy atom. The second-order valence-electron chi connectivity index (χ2n) is 4.74. The maximum absolute atomic E-state index is 12.3. The fourth-order valence-electron chi connectivity index (χ4n) is 2.39. The lowest BCUT2D eigenvalue weighted by molar-refractivity contribution is 0.0788. The topological polar surface area (TPSA) is 32.3 Å². The first-order chi connectivity index (χ1) is 8.74. The van der Waals surface area contributed by atoms with Crippen molar-refractivity contribution in [2.45, 2.75) is 18.9 Å². The Balaban J connectivity index is 1.71. The van der Waals surface area contributed by atoms with E-state index >= 15 is 0 Å². The van der Waals surface area contributed by atoms with Crippen molar-refractivity contribution in [3.8, 4) is 0 Å². The molecule has 2 aromatic rings. The van der Waals surface area contributed by atoms with Gasteiger partial charge in [-0.1, -0.05) is 0 Å². The maximum Gasteiger partial charge on any atom is 0.263 e. The number of likely N-dealkylation sites (N-methyl/N-ethyl adjacent to an activating group) is 1. The standard InChI is InChI=1S/C13H16N2OS2/c1-15(8-9-3-2-5-14-9)13(16)12-7-11-10(18-12)4-6-17-11/h4,6-7,9,14H,2-3,5,8H2,1H3. The molecule has 0 aliphatic carbocycles. The first-order valence-electron chi connectivity index (χ1n) is 6.20. The van der Waals surface area contributed by atoms with Gasteiger partial charge < -0.3 is 10.2 Å². The minimum Gasteiger partial charge on any atom is -0.339 e. The number of nitrogens with one attached hydrogen (secondary N) is 1. The number of thiophene rings is 2. The predicted molar refractivity (Wildman–Crippen MR) is 77.7 cm³/mol. The average molecular weight is 280 g/mol. The van der Waals surface area contributed by atoms with Gasteiger partial charge in [-0.2, -0.15) is 0 Å². The van der Waals surface area contributed by atoms with Gasteiger partial charge >= 0.3 is 0 Å². The highest BCUT2D eigenvalue weighted by atomic mass is 32.1. The van der Waals surface area contributed by atoms with Crippen LogP contribution in [-0.4, -0.2) is 37.0 Å². The Labute approximate surface area is 114 Å². The average Bonchev–Trinajstić information content (AvgIpc) is 3.02. The SMILES string of the molecule is CN(CC1CCCN1)C(=O)c1cc2sccc2s1. The van der Waals surface area contributed by atoms with Gasteiger partial charge in [-0.25, -0.2) is 0 Å². The number of hydrogen-bond acceptors (Lipinski definition) is 4. The first kappa shape index (κ1) is 12.1. The van der Waals surface area contributed by atoms with Gasteiger partial charge in [0.25, 0.3) is 5.91 Å². The van der Waals surface area contributed by atoms with Crippen molar-refractivity contribution >= 4 is 38.0 Å². The number of amides is 1. The highest BCUT2D eigenvalue weighted by Gasteiger charge is 2.21. The highest BCUT2D eigenvalue weighted by Crippen LogP contribution is 2.30. The van der Waals surface area contributed by atoms with Crippen LogP contribution in [0.15, 0.2) is 17.5 Å². The minimum atomic E-state index is 0.150. The fraction of sp³-hybridized carbons (Fsp3) is 0.462. The molecule has 0 radical (unpaired) electrons. The summed E-state index contributed by atoms with van der Waals surface area (Å²) in [4.78, 5) is 15.0. The van der Waals surface area contributed by atoms with Crippen molar-refractivity contribution in [3.63, 3.8) is 0 Å². The van der Waals surface area contributed by atoms with Crippen LogP contribution in [0.2, 0.25) is 0 Å². The molecule has 1 atom stereocenters. The molecule has 3 rings (SSSR count). The molecular formula is C13H16N2OS2. The lowest BCUT2D eigenvalue weighted by Crippen LogP contribution is -2.38. The molecule has 0 aromatic carbocycles. The van der Waals surface area contributed by atoms with E-state index in [2.05, 4.69) is 16.8 Å². The van der Waals surface area contributed by atoms with E-state index in [1.165, 1.54) is 22.2 Å². The van der Waals surface area contributed by atoms with Crippen molar-refractivity contribution in [1.29, 1.82) is 0 Å². The van der Waals surface area contributed by atoms with Crippen LogP contribution >= 0.6 is 22.7 Å². The molecule has 18 heavy (non-hydrogen) atoms. The molecule has 3 heterocycles. The molecule has 5 heteroatoms. The second kappa shape index (κ2) is 4.99. The number of fused-ring (bicyclic) bond motifs is 1. The van der Waals surface area contributed by atoms with Gasteiger partial charge in [0.2, 0.25) is 0 Å². The van der Waals surface area contributed by atoms with Crippen LogP contribution < -0.4 is 5.32 Å². The summed E-state index contributed by atoms with van der Waals surface area (Å²) in [6, 6.07) is 4.57. The van der Waals surface area contributed by atoms with Crippen molar-refractivity contribution in [1.82, 2.24) is 10.2 Å². The van der Waals surface area contributed by atoms with Crippen molar-refractivity contribution in [3.05, 3.63) is 22.4 Å². The normalized spacial score (nSPS) is 19.5. The fourth-order valence-corrected chi connectivity index (χ4v) is 4.49. The molecule has 1 amide bonds. The third kappa shape index (κ3) is 2.30. The summed E-state index contributed by atoms with van der Waals surface area (Å²) in [6.45, 7) is 1.89.